The van der Waals surface area contributed by atoms with E-state index in [0.717, 1.165) is 6.54 Å². The molecule has 6 heteroatoms. The van der Waals surface area contributed by atoms with Crippen molar-refractivity contribution >= 4 is 11.8 Å². The van der Waals surface area contributed by atoms with Crippen LogP contribution in [-0.4, -0.2) is 36.5 Å². The van der Waals surface area contributed by atoms with Gasteiger partial charge in [-0.05, 0) is 26.8 Å². The number of hydrogen-bond acceptors (Lipinski definition) is 5. The molecule has 6 nitrogen and oxygen atoms in total. The molecule has 1 heterocycles. The van der Waals surface area contributed by atoms with Crippen molar-refractivity contribution in [1.29, 1.82) is 0 Å². The van der Waals surface area contributed by atoms with E-state index in [-0.39, 0.29) is 11.9 Å². The highest BCUT2D eigenvalue weighted by atomic mass is 16.6. The second kappa shape index (κ2) is 6.32. The minimum atomic E-state index is -0.562. The summed E-state index contributed by atoms with van der Waals surface area (Å²) < 4.78 is 10.8. The van der Waals surface area contributed by atoms with Gasteiger partial charge >= 0.3 is 6.09 Å². The number of benzene rings is 1. The summed E-state index contributed by atoms with van der Waals surface area (Å²) in [6.45, 7) is 7.46. The fourth-order valence-electron chi connectivity index (χ4n) is 2.08. The number of carbonyl (C=O) groups excluding carboxylic acids is 1. The molecule has 3 N–H and O–H groups in total. The minimum absolute atomic E-state index is 0.0947. The van der Waals surface area contributed by atoms with Crippen molar-refractivity contribution in [1.82, 2.24) is 5.32 Å². The van der Waals surface area contributed by atoms with Gasteiger partial charge in [0.1, 0.15) is 11.4 Å². The summed E-state index contributed by atoms with van der Waals surface area (Å²) in [5.74, 6) is 0.0947. The van der Waals surface area contributed by atoms with Crippen molar-refractivity contribution < 1.29 is 19.4 Å². The summed E-state index contributed by atoms with van der Waals surface area (Å²) in [5, 5.41) is 15.9. The van der Waals surface area contributed by atoms with Crippen LogP contribution in [0.1, 0.15) is 32.4 Å². The topological polar surface area (TPSA) is 79.8 Å². The van der Waals surface area contributed by atoms with Crippen molar-refractivity contribution in [3.63, 3.8) is 0 Å². The van der Waals surface area contributed by atoms with Crippen molar-refractivity contribution in [2.75, 3.05) is 25.0 Å². The smallest absolute Gasteiger partial charge is 0.412 e. The first-order valence-electron chi connectivity index (χ1n) is 7.00. The monoisotopic (exact) mass is 294 g/mol. The fraction of sp³-hybridized carbons (Fsp3) is 0.533. The molecule has 1 aliphatic heterocycles. The molecular weight excluding hydrogens is 272 g/mol. The van der Waals surface area contributed by atoms with E-state index in [1.165, 1.54) is 6.07 Å². The Kier molecular flexibility index (Phi) is 4.69. The van der Waals surface area contributed by atoms with Crippen LogP contribution in [0.2, 0.25) is 0 Å². The molecule has 0 spiro atoms. The zero-order valence-corrected chi connectivity index (χ0v) is 12.6. The van der Waals surface area contributed by atoms with Crippen molar-refractivity contribution in [3.05, 3.63) is 23.8 Å². The van der Waals surface area contributed by atoms with Gasteiger partial charge in [-0.1, -0.05) is 6.07 Å². The molecule has 0 saturated carbocycles. The Labute approximate surface area is 124 Å². The van der Waals surface area contributed by atoms with Crippen molar-refractivity contribution in [2.24, 2.45) is 0 Å². The van der Waals surface area contributed by atoms with E-state index in [1.54, 1.807) is 32.9 Å². The quantitative estimate of drug-likeness (QED) is 0.780. The Balaban J connectivity index is 2.03. The van der Waals surface area contributed by atoms with E-state index < -0.39 is 11.7 Å². The third-order valence-electron chi connectivity index (χ3n) is 2.95. The number of phenols is 1. The third kappa shape index (κ3) is 4.61. The average Bonchev–Trinajstić information content (AvgIpc) is 2.37. The van der Waals surface area contributed by atoms with Crippen LogP contribution in [0, 0.1) is 0 Å². The maximum absolute atomic E-state index is 11.7. The highest BCUT2D eigenvalue weighted by Gasteiger charge is 2.20. The first-order valence-corrected chi connectivity index (χ1v) is 7.00. The van der Waals surface area contributed by atoms with Gasteiger partial charge in [-0.15, -0.1) is 0 Å². The number of aromatic hydroxyl groups is 1. The van der Waals surface area contributed by atoms with E-state index in [9.17, 15) is 9.90 Å². The number of phenolic OH excluding ortho intramolecular Hbond substituents is 1. The van der Waals surface area contributed by atoms with E-state index >= 15 is 0 Å². The number of hydrogen-bond donors (Lipinski definition) is 3. The number of amides is 1. The zero-order chi connectivity index (χ0) is 15.5. The first-order chi connectivity index (χ1) is 9.85. The highest BCUT2D eigenvalue weighted by Crippen LogP contribution is 2.30. The molecule has 1 aromatic carbocycles. The molecule has 1 atom stereocenters. The molecule has 1 fully saturated rings. The summed E-state index contributed by atoms with van der Waals surface area (Å²) in [4.78, 5) is 11.7. The molecule has 116 valence electrons. The first kappa shape index (κ1) is 15.6. The van der Waals surface area contributed by atoms with Gasteiger partial charge in [-0.2, -0.15) is 0 Å². The van der Waals surface area contributed by atoms with Crippen molar-refractivity contribution in [3.8, 4) is 5.75 Å². The Bertz CT molecular complexity index is 505. The van der Waals surface area contributed by atoms with E-state index in [1.807, 2.05) is 0 Å². The second-order valence-electron chi connectivity index (χ2n) is 5.96. The lowest BCUT2D eigenvalue weighted by atomic mass is 10.1. The molecule has 2 rings (SSSR count). The highest BCUT2D eigenvalue weighted by molar-refractivity contribution is 5.85. The molecule has 0 radical (unpaired) electrons. The molecule has 1 saturated heterocycles. The summed E-state index contributed by atoms with van der Waals surface area (Å²) in [6.07, 6.45) is -0.723. The van der Waals surface area contributed by atoms with E-state index in [0.29, 0.717) is 24.4 Å². The maximum atomic E-state index is 11.7. The van der Waals surface area contributed by atoms with Gasteiger partial charge in [0.05, 0.1) is 12.7 Å². The minimum Gasteiger partial charge on any atom is -0.507 e. The Morgan fingerprint density at radius 1 is 1.48 bits per heavy atom. The van der Waals surface area contributed by atoms with Crippen LogP contribution in [0.5, 0.6) is 5.75 Å². The predicted molar refractivity (Wildman–Crippen MR) is 79.5 cm³/mol. The summed E-state index contributed by atoms with van der Waals surface area (Å²) in [5.41, 5.74) is 0.624. The van der Waals surface area contributed by atoms with Crippen LogP contribution in [0.3, 0.4) is 0 Å². The molecule has 21 heavy (non-hydrogen) atoms. The lowest BCUT2D eigenvalue weighted by Gasteiger charge is -2.25. The predicted octanol–water partition coefficient (Wildman–Crippen LogP) is 2.40. The molecule has 1 amide bonds. The molecule has 0 aliphatic carbocycles. The number of anilines is 1. The van der Waals surface area contributed by atoms with Gasteiger partial charge in [0, 0.05) is 30.4 Å². The number of nitrogens with one attached hydrogen (secondary N) is 2. The van der Waals surface area contributed by atoms with Gasteiger partial charge in [0.25, 0.3) is 0 Å². The number of rotatable bonds is 2. The Morgan fingerprint density at radius 2 is 2.24 bits per heavy atom. The lowest BCUT2D eigenvalue weighted by Crippen LogP contribution is -2.33. The molecule has 1 unspecified atom stereocenters. The van der Waals surface area contributed by atoms with Gasteiger partial charge in [-0.25, -0.2) is 4.79 Å². The maximum Gasteiger partial charge on any atom is 0.412 e. The zero-order valence-electron chi connectivity index (χ0n) is 12.6. The van der Waals surface area contributed by atoms with Gasteiger partial charge in [0.15, 0.2) is 0 Å². The summed E-state index contributed by atoms with van der Waals surface area (Å²) in [6, 6.07) is 4.97. The van der Waals surface area contributed by atoms with Crippen LogP contribution in [0.15, 0.2) is 18.2 Å². The number of carbonyl (C=O) groups is 1. The summed E-state index contributed by atoms with van der Waals surface area (Å²) >= 11 is 0. The van der Waals surface area contributed by atoms with Crippen LogP contribution in [-0.2, 0) is 9.47 Å². The summed E-state index contributed by atoms with van der Waals surface area (Å²) in [7, 11) is 0. The van der Waals surface area contributed by atoms with Crippen LogP contribution < -0.4 is 10.6 Å². The third-order valence-corrected chi connectivity index (χ3v) is 2.95. The van der Waals surface area contributed by atoms with Crippen LogP contribution in [0.4, 0.5) is 10.5 Å². The average molecular weight is 294 g/mol. The largest absolute Gasteiger partial charge is 0.507 e. The van der Waals surface area contributed by atoms with Crippen LogP contribution in [0.25, 0.3) is 0 Å². The van der Waals surface area contributed by atoms with Gasteiger partial charge < -0.3 is 19.9 Å². The Morgan fingerprint density at radius 3 is 2.81 bits per heavy atom. The van der Waals surface area contributed by atoms with Gasteiger partial charge in [0.2, 0.25) is 0 Å². The normalized spacial score (nSPS) is 19.1. The molecular formula is C15H22N2O4. The number of morpholine rings is 1. The fourth-order valence-corrected chi connectivity index (χ4v) is 2.08. The second-order valence-corrected chi connectivity index (χ2v) is 5.96. The molecule has 0 aromatic heterocycles. The SMILES string of the molecule is CC(C)(C)OC(=O)Nc1ccc(C2CNCCO2)c(O)c1. The standard InChI is InChI=1S/C15H22N2O4/c1-15(2,3)21-14(19)17-10-4-5-11(12(18)8-10)13-9-16-6-7-20-13/h4-5,8,13,16,18H,6-7,9H2,1-3H3,(H,17,19). The molecule has 1 aromatic rings. The molecule has 1 aliphatic rings. The molecule has 0 bridgehead atoms. The van der Waals surface area contributed by atoms with E-state index in [4.69, 9.17) is 9.47 Å². The van der Waals surface area contributed by atoms with Gasteiger partial charge in [-0.3, -0.25) is 5.32 Å². The van der Waals surface area contributed by atoms with Crippen molar-refractivity contribution in [2.45, 2.75) is 32.5 Å². The van der Waals surface area contributed by atoms with Crippen LogP contribution >= 0.6 is 0 Å². The number of ether oxygens (including phenoxy) is 2. The Hall–Kier alpha value is -1.79. The van der Waals surface area contributed by atoms with E-state index in [2.05, 4.69) is 10.6 Å². The lowest BCUT2D eigenvalue weighted by molar-refractivity contribution is 0.0263.